The molecule has 8 nitrogen and oxygen atoms in total. The van der Waals surface area contributed by atoms with Crippen LogP contribution in [0, 0.1) is 0 Å². The van der Waals surface area contributed by atoms with Gasteiger partial charge >= 0.3 is 6.09 Å². The van der Waals surface area contributed by atoms with E-state index in [2.05, 4.69) is 22.2 Å². The molecule has 0 bridgehead atoms. The third-order valence-electron chi connectivity index (χ3n) is 3.65. The number of rotatable bonds is 7. The highest BCUT2D eigenvalue weighted by atomic mass is 35.5. The average Bonchev–Trinajstić information content (AvgIpc) is 2.71. The summed E-state index contributed by atoms with van der Waals surface area (Å²) in [5.74, 6) is -0.735. The summed E-state index contributed by atoms with van der Waals surface area (Å²) in [7, 11) is -4.10. The van der Waals surface area contributed by atoms with Crippen LogP contribution in [0.15, 0.2) is 66.1 Å². The van der Waals surface area contributed by atoms with E-state index in [-0.39, 0.29) is 28.6 Å². The predicted molar refractivity (Wildman–Crippen MR) is 110 cm³/mol. The molecule has 0 fully saturated rings. The molecule has 0 aliphatic heterocycles. The number of carbonyl (C=O) groups is 2. The number of benzene rings is 2. The number of hydrazine groups is 1. The highest BCUT2D eigenvalue weighted by Gasteiger charge is 2.27. The molecule has 0 spiro atoms. The molecule has 2 rings (SSSR count). The quantitative estimate of drug-likeness (QED) is 0.511. The van der Waals surface area contributed by atoms with Crippen LogP contribution in [0.2, 0.25) is 5.02 Å². The van der Waals surface area contributed by atoms with Gasteiger partial charge in [-0.1, -0.05) is 35.9 Å². The SMILES string of the molecule is C=CCN(c1ccccc1)S(=O)(=O)c1cc(C(=O)NNC(=O)OCC)ccc1Cl. The van der Waals surface area contributed by atoms with Gasteiger partial charge in [0.05, 0.1) is 23.9 Å². The van der Waals surface area contributed by atoms with Gasteiger partial charge in [0.15, 0.2) is 0 Å². The van der Waals surface area contributed by atoms with Crippen molar-refractivity contribution in [3.05, 3.63) is 71.8 Å². The second-order valence-electron chi connectivity index (χ2n) is 5.61. The van der Waals surface area contributed by atoms with Gasteiger partial charge in [0, 0.05) is 5.56 Å². The minimum Gasteiger partial charge on any atom is -0.449 e. The van der Waals surface area contributed by atoms with Crippen molar-refractivity contribution in [3.63, 3.8) is 0 Å². The molecule has 2 aromatic rings. The Hall–Kier alpha value is -3.04. The van der Waals surface area contributed by atoms with Gasteiger partial charge in [-0.15, -0.1) is 6.58 Å². The second kappa shape index (κ2) is 9.94. The van der Waals surface area contributed by atoms with Gasteiger partial charge in [-0.25, -0.2) is 18.6 Å². The Labute approximate surface area is 174 Å². The zero-order chi connectivity index (χ0) is 21.4. The van der Waals surface area contributed by atoms with Gasteiger partial charge < -0.3 is 4.74 Å². The molecule has 2 N–H and O–H groups in total. The minimum atomic E-state index is -4.10. The van der Waals surface area contributed by atoms with E-state index in [1.807, 2.05) is 0 Å². The maximum absolute atomic E-state index is 13.2. The van der Waals surface area contributed by atoms with Crippen LogP contribution in [0.1, 0.15) is 17.3 Å². The van der Waals surface area contributed by atoms with Crippen LogP contribution >= 0.6 is 11.6 Å². The lowest BCUT2D eigenvalue weighted by Gasteiger charge is -2.24. The van der Waals surface area contributed by atoms with Crippen molar-refractivity contribution < 1.29 is 22.7 Å². The first-order valence-electron chi connectivity index (χ1n) is 8.52. The Morgan fingerprint density at radius 1 is 1.17 bits per heavy atom. The molecule has 0 aromatic heterocycles. The van der Waals surface area contributed by atoms with Crippen LogP contribution in [0.4, 0.5) is 10.5 Å². The molecular weight excluding hydrogens is 418 g/mol. The molecule has 0 saturated carbocycles. The number of sulfonamides is 1. The number of amides is 2. The predicted octanol–water partition coefficient (Wildman–Crippen LogP) is 3.11. The van der Waals surface area contributed by atoms with Crippen LogP contribution in [-0.2, 0) is 14.8 Å². The molecule has 0 aliphatic rings. The first-order chi connectivity index (χ1) is 13.8. The number of nitrogens with one attached hydrogen (secondary N) is 2. The molecule has 0 unspecified atom stereocenters. The van der Waals surface area contributed by atoms with E-state index in [9.17, 15) is 18.0 Å². The number of anilines is 1. The van der Waals surface area contributed by atoms with E-state index in [4.69, 9.17) is 11.6 Å². The summed E-state index contributed by atoms with van der Waals surface area (Å²) < 4.78 is 32.2. The van der Waals surface area contributed by atoms with Gasteiger partial charge in [0.25, 0.3) is 15.9 Å². The van der Waals surface area contributed by atoms with Gasteiger partial charge in [0.1, 0.15) is 4.90 Å². The fourth-order valence-electron chi connectivity index (χ4n) is 2.36. The minimum absolute atomic E-state index is 0.00349. The third-order valence-corrected chi connectivity index (χ3v) is 5.93. The second-order valence-corrected chi connectivity index (χ2v) is 7.84. The van der Waals surface area contributed by atoms with Crippen molar-refractivity contribution in [2.75, 3.05) is 17.5 Å². The molecule has 0 saturated heterocycles. The fraction of sp³-hybridized carbons (Fsp3) is 0.158. The zero-order valence-corrected chi connectivity index (χ0v) is 17.2. The summed E-state index contributed by atoms with van der Waals surface area (Å²) >= 11 is 6.13. The molecule has 2 aromatic carbocycles. The Bertz CT molecular complexity index is 996. The van der Waals surface area contributed by atoms with Gasteiger partial charge in [-0.05, 0) is 37.3 Å². The first kappa shape index (κ1) is 22.3. The first-order valence-corrected chi connectivity index (χ1v) is 10.3. The molecule has 0 aliphatic carbocycles. The molecule has 0 atom stereocenters. The number of hydrogen-bond donors (Lipinski definition) is 2. The highest BCUT2D eigenvalue weighted by molar-refractivity contribution is 7.93. The molecule has 29 heavy (non-hydrogen) atoms. The van der Waals surface area contributed by atoms with E-state index in [0.29, 0.717) is 5.69 Å². The number of para-hydroxylation sites is 1. The summed E-state index contributed by atoms with van der Waals surface area (Å²) in [6, 6.07) is 12.2. The van der Waals surface area contributed by atoms with Crippen LogP contribution in [0.3, 0.4) is 0 Å². The van der Waals surface area contributed by atoms with Crippen molar-refractivity contribution in [1.82, 2.24) is 10.9 Å². The Balaban J connectivity index is 2.37. The number of hydrogen-bond acceptors (Lipinski definition) is 5. The van der Waals surface area contributed by atoms with Gasteiger partial charge in [0.2, 0.25) is 0 Å². The lowest BCUT2D eigenvalue weighted by molar-refractivity contribution is 0.0912. The molecule has 2 amide bonds. The molecule has 0 heterocycles. The van der Waals surface area contributed by atoms with Crippen LogP contribution < -0.4 is 15.2 Å². The average molecular weight is 438 g/mol. The van der Waals surface area contributed by atoms with Crippen molar-refractivity contribution in [1.29, 1.82) is 0 Å². The maximum atomic E-state index is 13.2. The summed E-state index contributed by atoms with van der Waals surface area (Å²) in [4.78, 5) is 23.3. The van der Waals surface area contributed by atoms with Crippen LogP contribution in [-0.4, -0.2) is 33.6 Å². The number of halogens is 1. The van der Waals surface area contributed by atoms with E-state index in [0.717, 1.165) is 10.4 Å². The zero-order valence-electron chi connectivity index (χ0n) is 15.6. The summed E-state index contributed by atoms with van der Waals surface area (Å²) in [6.07, 6.45) is 0.599. The van der Waals surface area contributed by atoms with Gasteiger partial charge in [-0.2, -0.15) is 0 Å². The molecular formula is C19H20ClN3O5S. The monoisotopic (exact) mass is 437 g/mol. The van der Waals surface area contributed by atoms with Crippen molar-refractivity contribution in [2.45, 2.75) is 11.8 Å². The smallest absolute Gasteiger partial charge is 0.426 e. The van der Waals surface area contributed by atoms with Crippen LogP contribution in [0.25, 0.3) is 0 Å². The molecule has 0 radical (unpaired) electrons. The number of carbonyl (C=O) groups excluding carboxylic acids is 2. The Morgan fingerprint density at radius 3 is 2.48 bits per heavy atom. The summed E-state index contributed by atoms with van der Waals surface area (Å²) in [6.45, 7) is 5.34. The maximum Gasteiger partial charge on any atom is 0.426 e. The lowest BCUT2D eigenvalue weighted by atomic mass is 10.2. The highest BCUT2D eigenvalue weighted by Crippen LogP contribution is 2.29. The van der Waals surface area contributed by atoms with E-state index in [1.54, 1.807) is 37.3 Å². The normalized spacial score (nSPS) is 10.7. The summed E-state index contributed by atoms with van der Waals surface area (Å²) in [5, 5.41) is -0.0510. The van der Waals surface area contributed by atoms with Crippen molar-refractivity contribution >= 4 is 39.3 Å². The molecule has 154 valence electrons. The molecule has 10 heteroatoms. The van der Waals surface area contributed by atoms with Crippen molar-refractivity contribution in [2.24, 2.45) is 0 Å². The van der Waals surface area contributed by atoms with Crippen molar-refractivity contribution in [3.8, 4) is 0 Å². The lowest BCUT2D eigenvalue weighted by Crippen LogP contribution is -2.42. The summed E-state index contributed by atoms with van der Waals surface area (Å²) in [5.41, 5.74) is 4.59. The van der Waals surface area contributed by atoms with E-state index >= 15 is 0 Å². The largest absolute Gasteiger partial charge is 0.449 e. The Kier molecular flexibility index (Phi) is 7.63. The Morgan fingerprint density at radius 2 is 1.86 bits per heavy atom. The topological polar surface area (TPSA) is 105 Å². The van der Waals surface area contributed by atoms with E-state index < -0.39 is 22.0 Å². The number of nitrogens with zero attached hydrogens (tertiary/aromatic N) is 1. The third kappa shape index (κ3) is 5.49. The standard InChI is InChI=1S/C19H20ClN3O5S/c1-3-12-23(15-8-6-5-7-9-15)29(26,27)17-13-14(10-11-16(17)20)18(24)21-22-19(25)28-4-2/h3,5-11,13H,1,4,12H2,2H3,(H,21,24)(H,22,25). The number of ether oxygens (including phenoxy) is 1. The van der Waals surface area contributed by atoms with Gasteiger partial charge in [-0.3, -0.25) is 14.5 Å². The van der Waals surface area contributed by atoms with E-state index in [1.165, 1.54) is 18.2 Å². The van der Waals surface area contributed by atoms with Crippen LogP contribution in [0.5, 0.6) is 0 Å². The fourth-order valence-corrected chi connectivity index (χ4v) is 4.30.